The lowest BCUT2D eigenvalue weighted by Crippen LogP contribution is -2.15. The van der Waals surface area contributed by atoms with Crippen LogP contribution in [0, 0.1) is 5.82 Å². The van der Waals surface area contributed by atoms with Gasteiger partial charge in [-0.1, -0.05) is 0 Å². The molecule has 0 bridgehead atoms. The molecule has 0 heterocycles. The van der Waals surface area contributed by atoms with E-state index in [9.17, 15) is 14.0 Å². The molecule has 5 nitrogen and oxygen atoms in total. The van der Waals surface area contributed by atoms with E-state index in [-0.39, 0.29) is 17.8 Å². The molecule has 86 valence electrons. The van der Waals surface area contributed by atoms with Crippen LogP contribution in [0.15, 0.2) is 18.2 Å². The number of carbonyl (C=O) groups excluding carboxylic acids is 1. The third-order valence-corrected chi connectivity index (χ3v) is 1.81. The van der Waals surface area contributed by atoms with Crippen LogP contribution in [-0.4, -0.2) is 30.7 Å². The highest BCUT2D eigenvalue weighted by Crippen LogP contribution is 2.13. The third-order valence-electron chi connectivity index (χ3n) is 1.81. The van der Waals surface area contributed by atoms with Gasteiger partial charge >= 0.3 is 11.9 Å². The summed E-state index contributed by atoms with van der Waals surface area (Å²) >= 11 is 0. The van der Waals surface area contributed by atoms with E-state index in [1.54, 1.807) is 0 Å². The van der Waals surface area contributed by atoms with E-state index in [0.717, 1.165) is 12.1 Å². The monoisotopic (exact) mass is 227 g/mol. The van der Waals surface area contributed by atoms with E-state index in [1.165, 1.54) is 13.2 Å². The predicted octanol–water partition coefficient (Wildman–Crippen LogP) is 1.11. The van der Waals surface area contributed by atoms with Gasteiger partial charge < -0.3 is 15.2 Å². The first-order chi connectivity index (χ1) is 7.52. The van der Waals surface area contributed by atoms with Gasteiger partial charge in [0.05, 0.1) is 12.7 Å². The molecule has 1 aromatic carbocycles. The molecule has 1 aromatic rings. The number of rotatable bonds is 4. The van der Waals surface area contributed by atoms with Gasteiger partial charge in [-0.2, -0.15) is 0 Å². The summed E-state index contributed by atoms with van der Waals surface area (Å²) < 4.78 is 17.3. The standard InChI is InChI=1S/C10H10FNO4/c1-16-9(13)5-12-8-3-6(10(14)15)2-7(11)4-8/h2-4,12H,5H2,1H3,(H,14,15). The quantitative estimate of drug-likeness (QED) is 0.753. The predicted molar refractivity (Wildman–Crippen MR) is 53.9 cm³/mol. The van der Waals surface area contributed by atoms with Gasteiger partial charge in [-0.3, -0.25) is 4.79 Å². The number of carbonyl (C=O) groups is 2. The summed E-state index contributed by atoms with van der Waals surface area (Å²) in [5.74, 6) is -2.45. The number of halogens is 1. The van der Waals surface area contributed by atoms with Crippen molar-refractivity contribution in [2.45, 2.75) is 0 Å². The van der Waals surface area contributed by atoms with E-state index < -0.39 is 17.8 Å². The Balaban J connectivity index is 2.80. The fourth-order valence-corrected chi connectivity index (χ4v) is 1.06. The summed E-state index contributed by atoms with van der Waals surface area (Å²) in [7, 11) is 1.22. The second-order valence-electron chi connectivity index (χ2n) is 2.96. The largest absolute Gasteiger partial charge is 0.478 e. The second-order valence-corrected chi connectivity index (χ2v) is 2.96. The molecule has 0 spiro atoms. The molecule has 0 aliphatic heterocycles. The highest BCUT2D eigenvalue weighted by atomic mass is 19.1. The molecule has 0 atom stereocenters. The van der Waals surface area contributed by atoms with Crippen LogP contribution in [0.25, 0.3) is 0 Å². The number of esters is 1. The van der Waals surface area contributed by atoms with E-state index in [1.807, 2.05) is 0 Å². The van der Waals surface area contributed by atoms with Crippen LogP contribution in [0.5, 0.6) is 0 Å². The van der Waals surface area contributed by atoms with Crippen molar-refractivity contribution in [2.24, 2.45) is 0 Å². The topological polar surface area (TPSA) is 75.6 Å². The number of aromatic carboxylic acids is 1. The average Bonchev–Trinajstić information content (AvgIpc) is 2.25. The smallest absolute Gasteiger partial charge is 0.335 e. The van der Waals surface area contributed by atoms with Crippen molar-refractivity contribution in [3.8, 4) is 0 Å². The number of carboxylic acids is 1. The summed E-state index contributed by atoms with van der Waals surface area (Å²) in [4.78, 5) is 21.4. The summed E-state index contributed by atoms with van der Waals surface area (Å²) in [5.41, 5.74) is 0.0233. The molecule has 0 amide bonds. The second kappa shape index (κ2) is 5.11. The molecular weight excluding hydrogens is 217 g/mol. The van der Waals surface area contributed by atoms with Crippen LogP contribution in [0.4, 0.5) is 10.1 Å². The van der Waals surface area contributed by atoms with Gasteiger partial charge in [-0.15, -0.1) is 0 Å². The summed E-state index contributed by atoms with van der Waals surface area (Å²) in [6.07, 6.45) is 0. The van der Waals surface area contributed by atoms with Crippen molar-refractivity contribution in [1.82, 2.24) is 0 Å². The van der Waals surface area contributed by atoms with Crippen molar-refractivity contribution in [3.63, 3.8) is 0 Å². The Bertz CT molecular complexity index is 419. The fourth-order valence-electron chi connectivity index (χ4n) is 1.06. The van der Waals surface area contributed by atoms with Gasteiger partial charge in [0.15, 0.2) is 0 Å². The number of carboxylic acid groups (broad SMARTS) is 1. The zero-order valence-electron chi connectivity index (χ0n) is 8.49. The van der Waals surface area contributed by atoms with Gasteiger partial charge in [-0.25, -0.2) is 9.18 Å². The number of ether oxygens (including phenoxy) is 1. The Morgan fingerprint density at radius 3 is 2.69 bits per heavy atom. The minimum atomic E-state index is -1.24. The molecule has 2 N–H and O–H groups in total. The minimum Gasteiger partial charge on any atom is -0.478 e. The molecule has 0 radical (unpaired) electrons. The van der Waals surface area contributed by atoms with Crippen LogP contribution in [0.2, 0.25) is 0 Å². The first-order valence-electron chi connectivity index (χ1n) is 4.37. The first kappa shape index (κ1) is 12.0. The number of hydrogen-bond acceptors (Lipinski definition) is 4. The Morgan fingerprint density at radius 1 is 1.44 bits per heavy atom. The molecule has 1 rings (SSSR count). The maximum atomic E-state index is 13.0. The Hall–Kier alpha value is -2.11. The summed E-state index contributed by atoms with van der Waals surface area (Å²) in [6, 6.07) is 3.22. The van der Waals surface area contributed by atoms with Gasteiger partial charge in [0.25, 0.3) is 0 Å². The highest BCUT2D eigenvalue weighted by Gasteiger charge is 2.07. The van der Waals surface area contributed by atoms with Gasteiger partial charge in [0, 0.05) is 5.69 Å². The lowest BCUT2D eigenvalue weighted by atomic mass is 10.2. The third kappa shape index (κ3) is 3.23. The molecule has 0 unspecified atom stereocenters. The highest BCUT2D eigenvalue weighted by molar-refractivity contribution is 5.89. The van der Waals surface area contributed by atoms with Crippen molar-refractivity contribution in [3.05, 3.63) is 29.6 Å². The van der Waals surface area contributed by atoms with E-state index in [4.69, 9.17) is 5.11 Å². The number of anilines is 1. The van der Waals surface area contributed by atoms with Crippen molar-refractivity contribution >= 4 is 17.6 Å². The Morgan fingerprint density at radius 2 is 2.12 bits per heavy atom. The van der Waals surface area contributed by atoms with E-state index >= 15 is 0 Å². The van der Waals surface area contributed by atoms with Crippen LogP contribution in [-0.2, 0) is 9.53 Å². The molecule has 0 fully saturated rings. The van der Waals surface area contributed by atoms with Gasteiger partial charge in [0.2, 0.25) is 0 Å². The van der Waals surface area contributed by atoms with Crippen molar-refractivity contribution in [2.75, 3.05) is 19.0 Å². The number of hydrogen-bond donors (Lipinski definition) is 2. The number of benzene rings is 1. The van der Waals surface area contributed by atoms with Gasteiger partial charge in [-0.05, 0) is 18.2 Å². The maximum Gasteiger partial charge on any atom is 0.335 e. The zero-order chi connectivity index (χ0) is 12.1. The minimum absolute atomic E-state index is 0.154. The fraction of sp³-hybridized carbons (Fsp3) is 0.200. The van der Waals surface area contributed by atoms with Crippen LogP contribution in [0.3, 0.4) is 0 Å². The SMILES string of the molecule is COC(=O)CNc1cc(F)cc(C(=O)O)c1. The first-order valence-corrected chi connectivity index (χ1v) is 4.37. The maximum absolute atomic E-state index is 13.0. The molecule has 0 aliphatic rings. The van der Waals surface area contributed by atoms with Gasteiger partial charge in [0.1, 0.15) is 12.4 Å². The molecular formula is C10H10FNO4. The lowest BCUT2D eigenvalue weighted by molar-refractivity contribution is -0.138. The number of nitrogens with one attached hydrogen (secondary N) is 1. The average molecular weight is 227 g/mol. The summed E-state index contributed by atoms with van der Waals surface area (Å²) in [5, 5.41) is 11.2. The molecule has 0 aliphatic carbocycles. The van der Waals surface area contributed by atoms with Crippen LogP contribution in [0.1, 0.15) is 10.4 Å². The number of methoxy groups -OCH3 is 1. The molecule has 0 saturated heterocycles. The molecule has 6 heteroatoms. The molecule has 16 heavy (non-hydrogen) atoms. The zero-order valence-corrected chi connectivity index (χ0v) is 8.49. The van der Waals surface area contributed by atoms with E-state index in [2.05, 4.69) is 10.1 Å². The van der Waals surface area contributed by atoms with Crippen molar-refractivity contribution < 1.29 is 23.8 Å². The normalized spacial score (nSPS) is 9.62. The molecule has 0 aromatic heterocycles. The lowest BCUT2D eigenvalue weighted by Gasteiger charge is -2.06. The Labute approximate surface area is 90.8 Å². The Kier molecular flexibility index (Phi) is 3.82. The molecule has 0 saturated carbocycles. The van der Waals surface area contributed by atoms with Crippen LogP contribution < -0.4 is 5.32 Å². The van der Waals surface area contributed by atoms with E-state index in [0.29, 0.717) is 0 Å². The van der Waals surface area contributed by atoms with Crippen LogP contribution >= 0.6 is 0 Å². The van der Waals surface area contributed by atoms with Crippen molar-refractivity contribution in [1.29, 1.82) is 0 Å². The summed E-state index contributed by atoms with van der Waals surface area (Å²) in [6.45, 7) is -0.154.